The molecule has 0 aliphatic carbocycles. The fraction of sp³-hybridized carbons (Fsp3) is 0.727. The summed E-state index contributed by atoms with van der Waals surface area (Å²) in [4.78, 5) is 33.2. The number of aliphatic carboxylic acids is 1. The van der Waals surface area contributed by atoms with Crippen LogP contribution in [0.3, 0.4) is 0 Å². The number of primary amides is 1. The summed E-state index contributed by atoms with van der Waals surface area (Å²) >= 11 is 0. The third-order valence-electron chi connectivity index (χ3n) is 2.82. The molecule has 0 aromatic rings. The van der Waals surface area contributed by atoms with E-state index in [1.54, 1.807) is 6.92 Å². The number of hydrogen-bond donors (Lipinski definition) is 4. The zero-order valence-corrected chi connectivity index (χ0v) is 10.7. The third kappa shape index (κ3) is 5.62. The molecule has 0 rings (SSSR count). The van der Waals surface area contributed by atoms with Crippen molar-refractivity contribution in [3.63, 3.8) is 0 Å². The molecule has 3 atom stereocenters. The summed E-state index contributed by atoms with van der Waals surface area (Å²) < 4.78 is 0. The van der Waals surface area contributed by atoms with Crippen molar-refractivity contribution in [2.45, 2.75) is 45.2 Å². The Bertz CT molecular complexity index is 319. The molecule has 2 amide bonds. The van der Waals surface area contributed by atoms with Crippen molar-refractivity contribution in [3.8, 4) is 0 Å². The van der Waals surface area contributed by atoms with Crippen LogP contribution in [-0.2, 0) is 14.4 Å². The van der Waals surface area contributed by atoms with Crippen LogP contribution in [0.1, 0.15) is 33.1 Å². The van der Waals surface area contributed by atoms with Gasteiger partial charge in [-0.1, -0.05) is 20.3 Å². The summed E-state index contributed by atoms with van der Waals surface area (Å²) in [5, 5.41) is 11.4. The van der Waals surface area contributed by atoms with E-state index in [1.165, 1.54) is 0 Å². The van der Waals surface area contributed by atoms with E-state index in [0.717, 1.165) is 0 Å². The second-order valence-electron chi connectivity index (χ2n) is 4.32. The zero-order valence-electron chi connectivity index (χ0n) is 10.7. The number of nitrogens with one attached hydrogen (secondary N) is 1. The molecule has 0 heterocycles. The number of amides is 2. The van der Waals surface area contributed by atoms with E-state index < -0.39 is 29.9 Å². The highest BCUT2D eigenvalue weighted by molar-refractivity contribution is 5.87. The van der Waals surface area contributed by atoms with Gasteiger partial charge in [-0.15, -0.1) is 0 Å². The summed E-state index contributed by atoms with van der Waals surface area (Å²) in [5.41, 5.74) is 10.5. The number of rotatable bonds is 8. The average Bonchev–Trinajstić information content (AvgIpc) is 2.30. The van der Waals surface area contributed by atoms with Crippen LogP contribution in [0.2, 0.25) is 0 Å². The van der Waals surface area contributed by atoms with Gasteiger partial charge >= 0.3 is 5.97 Å². The van der Waals surface area contributed by atoms with Crippen molar-refractivity contribution < 1.29 is 19.5 Å². The van der Waals surface area contributed by atoms with Gasteiger partial charge in [0, 0.05) is 6.42 Å². The van der Waals surface area contributed by atoms with Crippen molar-refractivity contribution >= 4 is 17.8 Å². The highest BCUT2D eigenvalue weighted by atomic mass is 16.4. The fourth-order valence-corrected chi connectivity index (χ4v) is 1.37. The van der Waals surface area contributed by atoms with Crippen molar-refractivity contribution in [3.05, 3.63) is 0 Å². The molecule has 7 heteroatoms. The van der Waals surface area contributed by atoms with Gasteiger partial charge in [-0.05, 0) is 12.3 Å². The lowest BCUT2D eigenvalue weighted by Crippen LogP contribution is -2.51. The molecule has 0 bridgehead atoms. The summed E-state index contributed by atoms with van der Waals surface area (Å²) in [6.45, 7) is 3.56. The first-order valence-electron chi connectivity index (χ1n) is 5.86. The van der Waals surface area contributed by atoms with Gasteiger partial charge in [-0.3, -0.25) is 9.59 Å². The highest BCUT2D eigenvalue weighted by Gasteiger charge is 2.27. The van der Waals surface area contributed by atoms with Crippen molar-refractivity contribution in [2.75, 3.05) is 0 Å². The second-order valence-corrected chi connectivity index (χ2v) is 4.32. The van der Waals surface area contributed by atoms with Gasteiger partial charge in [0.2, 0.25) is 11.8 Å². The van der Waals surface area contributed by atoms with Crippen LogP contribution in [0.25, 0.3) is 0 Å². The zero-order chi connectivity index (χ0) is 14.3. The minimum atomic E-state index is -1.10. The summed E-state index contributed by atoms with van der Waals surface area (Å²) in [5.74, 6) is -2.42. The SMILES string of the molecule is CCC(C)C(NC(=O)C(N)CCC(N)=O)C(=O)O. The first-order chi connectivity index (χ1) is 8.29. The molecule has 0 aromatic heterocycles. The van der Waals surface area contributed by atoms with Crippen LogP contribution < -0.4 is 16.8 Å². The number of nitrogens with two attached hydrogens (primary N) is 2. The lowest BCUT2D eigenvalue weighted by molar-refractivity contribution is -0.143. The highest BCUT2D eigenvalue weighted by Crippen LogP contribution is 2.08. The van der Waals surface area contributed by atoms with Crippen LogP contribution in [0.15, 0.2) is 0 Å². The molecule has 0 radical (unpaired) electrons. The lowest BCUT2D eigenvalue weighted by Gasteiger charge is -2.22. The molecule has 0 aliphatic heterocycles. The molecule has 18 heavy (non-hydrogen) atoms. The van der Waals surface area contributed by atoms with E-state index in [4.69, 9.17) is 16.6 Å². The first-order valence-corrected chi connectivity index (χ1v) is 5.86. The minimum Gasteiger partial charge on any atom is -0.480 e. The Morgan fingerprint density at radius 3 is 2.28 bits per heavy atom. The standard InChI is InChI=1S/C11H21N3O4/c1-3-6(2)9(11(17)18)14-10(16)7(12)4-5-8(13)15/h6-7,9H,3-5,12H2,1-2H3,(H2,13,15)(H,14,16)(H,17,18). The van der Waals surface area contributed by atoms with Crippen LogP contribution in [-0.4, -0.2) is 35.0 Å². The lowest BCUT2D eigenvalue weighted by atomic mass is 9.98. The normalized spacial score (nSPS) is 15.5. The molecule has 0 aromatic carbocycles. The van der Waals surface area contributed by atoms with Gasteiger partial charge in [0.15, 0.2) is 0 Å². The monoisotopic (exact) mass is 259 g/mol. The molecular formula is C11H21N3O4. The van der Waals surface area contributed by atoms with E-state index >= 15 is 0 Å². The van der Waals surface area contributed by atoms with Gasteiger partial charge in [-0.25, -0.2) is 4.79 Å². The summed E-state index contributed by atoms with van der Waals surface area (Å²) in [6, 6.07) is -1.90. The maximum atomic E-state index is 11.6. The summed E-state index contributed by atoms with van der Waals surface area (Å²) in [7, 11) is 0. The maximum Gasteiger partial charge on any atom is 0.326 e. The van der Waals surface area contributed by atoms with Gasteiger partial charge in [-0.2, -0.15) is 0 Å². The van der Waals surface area contributed by atoms with E-state index in [2.05, 4.69) is 5.32 Å². The van der Waals surface area contributed by atoms with Crippen LogP contribution in [0, 0.1) is 5.92 Å². The van der Waals surface area contributed by atoms with Gasteiger partial charge in [0.25, 0.3) is 0 Å². The Hall–Kier alpha value is -1.63. The second kappa shape index (κ2) is 7.65. The number of carbonyl (C=O) groups is 3. The predicted molar refractivity (Wildman–Crippen MR) is 65.4 cm³/mol. The Morgan fingerprint density at radius 1 is 1.33 bits per heavy atom. The molecule has 7 nitrogen and oxygen atoms in total. The Morgan fingerprint density at radius 2 is 1.89 bits per heavy atom. The van der Waals surface area contributed by atoms with Gasteiger partial charge < -0.3 is 21.9 Å². The van der Waals surface area contributed by atoms with E-state index in [-0.39, 0.29) is 18.8 Å². The van der Waals surface area contributed by atoms with Crippen molar-refractivity contribution in [1.29, 1.82) is 0 Å². The predicted octanol–water partition coefficient (Wildman–Crippen LogP) is -0.805. The number of carbonyl (C=O) groups excluding carboxylic acids is 2. The van der Waals surface area contributed by atoms with Gasteiger partial charge in [0.05, 0.1) is 6.04 Å². The fourth-order valence-electron chi connectivity index (χ4n) is 1.37. The first kappa shape index (κ1) is 16.4. The molecule has 104 valence electrons. The van der Waals surface area contributed by atoms with Gasteiger partial charge in [0.1, 0.15) is 6.04 Å². The number of carboxylic acids is 1. The molecule has 0 saturated heterocycles. The van der Waals surface area contributed by atoms with Crippen molar-refractivity contribution in [1.82, 2.24) is 5.32 Å². The molecule has 0 saturated carbocycles. The smallest absolute Gasteiger partial charge is 0.326 e. The average molecular weight is 259 g/mol. The molecule has 6 N–H and O–H groups in total. The van der Waals surface area contributed by atoms with Crippen LogP contribution in [0.5, 0.6) is 0 Å². The molecule has 0 fully saturated rings. The van der Waals surface area contributed by atoms with Crippen molar-refractivity contribution in [2.24, 2.45) is 17.4 Å². The topological polar surface area (TPSA) is 136 Å². The van der Waals surface area contributed by atoms with E-state index in [1.807, 2.05) is 6.92 Å². The molecule has 0 aliphatic rings. The number of carboxylic acid groups (broad SMARTS) is 1. The van der Waals surface area contributed by atoms with Crippen LogP contribution in [0.4, 0.5) is 0 Å². The largest absolute Gasteiger partial charge is 0.480 e. The maximum absolute atomic E-state index is 11.6. The quantitative estimate of drug-likeness (QED) is 0.452. The minimum absolute atomic E-state index is 0.00431. The molecular weight excluding hydrogens is 238 g/mol. The molecule has 0 spiro atoms. The van der Waals surface area contributed by atoms with E-state index in [9.17, 15) is 14.4 Å². The Labute approximate surface area is 106 Å². The Kier molecular flexibility index (Phi) is 6.96. The summed E-state index contributed by atoms with van der Waals surface area (Å²) in [6.07, 6.45) is 0.720. The third-order valence-corrected chi connectivity index (χ3v) is 2.82. The van der Waals surface area contributed by atoms with E-state index in [0.29, 0.717) is 6.42 Å². The van der Waals surface area contributed by atoms with Crippen LogP contribution >= 0.6 is 0 Å². The molecule has 3 unspecified atom stereocenters. The Balaban J connectivity index is 4.41. The number of hydrogen-bond acceptors (Lipinski definition) is 4.